The number of rotatable bonds is 3. The van der Waals surface area contributed by atoms with Gasteiger partial charge in [0.1, 0.15) is 5.75 Å². The van der Waals surface area contributed by atoms with Crippen LogP contribution >= 0.6 is 0 Å². The van der Waals surface area contributed by atoms with Crippen molar-refractivity contribution in [3.63, 3.8) is 0 Å². The first kappa shape index (κ1) is 15.5. The van der Waals surface area contributed by atoms with Gasteiger partial charge in [-0.1, -0.05) is 59.7 Å². The summed E-state index contributed by atoms with van der Waals surface area (Å²) >= 11 is 0. The number of carbonyl (C=O) groups is 1. The molecule has 2 atom stereocenters. The van der Waals surface area contributed by atoms with Crippen LogP contribution in [0, 0.1) is 19.8 Å². The van der Waals surface area contributed by atoms with E-state index >= 15 is 0 Å². The van der Waals surface area contributed by atoms with Crippen LogP contribution < -0.4 is 4.74 Å². The summed E-state index contributed by atoms with van der Waals surface area (Å²) < 4.78 is 5.48. The zero-order chi connectivity index (χ0) is 16.2. The Morgan fingerprint density at radius 1 is 0.870 bits per heavy atom. The summed E-state index contributed by atoms with van der Waals surface area (Å²) in [5.74, 6) is 0.721. The number of ether oxygens (including phenoxy) is 1. The van der Waals surface area contributed by atoms with Gasteiger partial charge in [-0.05, 0) is 44.4 Å². The maximum atomic E-state index is 12.3. The van der Waals surface area contributed by atoms with Crippen molar-refractivity contribution in [1.29, 1.82) is 0 Å². The minimum absolute atomic E-state index is 0.141. The van der Waals surface area contributed by atoms with Crippen LogP contribution in [0.4, 0.5) is 0 Å². The van der Waals surface area contributed by atoms with Gasteiger partial charge in [0.15, 0.2) is 0 Å². The van der Waals surface area contributed by atoms with E-state index < -0.39 is 0 Å². The number of hydrogen-bond acceptors (Lipinski definition) is 2. The molecule has 0 aromatic heterocycles. The van der Waals surface area contributed by atoms with Gasteiger partial charge < -0.3 is 4.74 Å². The van der Waals surface area contributed by atoms with E-state index in [1.807, 2.05) is 37.3 Å². The van der Waals surface area contributed by atoms with E-state index in [0.717, 1.165) is 18.4 Å². The van der Waals surface area contributed by atoms with Crippen molar-refractivity contribution in [2.24, 2.45) is 5.92 Å². The molecule has 0 saturated carbocycles. The van der Waals surface area contributed by atoms with E-state index in [0.29, 0.717) is 11.7 Å². The third kappa shape index (κ3) is 3.89. The lowest BCUT2D eigenvalue weighted by Gasteiger charge is -2.22. The van der Waals surface area contributed by atoms with Gasteiger partial charge in [0.05, 0.1) is 5.92 Å². The number of esters is 1. The van der Waals surface area contributed by atoms with Crippen molar-refractivity contribution >= 4 is 5.97 Å². The highest BCUT2D eigenvalue weighted by Gasteiger charge is 2.24. The van der Waals surface area contributed by atoms with Gasteiger partial charge in [0.2, 0.25) is 0 Å². The van der Waals surface area contributed by atoms with Crippen molar-refractivity contribution < 1.29 is 9.53 Å². The van der Waals surface area contributed by atoms with Crippen LogP contribution in [0.5, 0.6) is 5.75 Å². The molecular weight excluding hydrogens is 284 g/mol. The van der Waals surface area contributed by atoms with Crippen molar-refractivity contribution in [1.82, 2.24) is 0 Å². The molecule has 1 aliphatic rings. The van der Waals surface area contributed by atoms with Crippen LogP contribution in [-0.4, -0.2) is 5.97 Å². The van der Waals surface area contributed by atoms with Gasteiger partial charge in [-0.3, -0.25) is 4.79 Å². The number of benzene rings is 2. The number of aryl methyl sites for hydroxylation is 2. The molecule has 0 spiro atoms. The highest BCUT2D eigenvalue weighted by atomic mass is 16.5. The minimum atomic E-state index is -0.160. The van der Waals surface area contributed by atoms with Gasteiger partial charge in [0.25, 0.3) is 0 Å². The summed E-state index contributed by atoms with van der Waals surface area (Å²) in [6, 6.07) is 16.2. The van der Waals surface area contributed by atoms with E-state index in [2.05, 4.69) is 37.3 Å². The lowest BCUT2D eigenvalue weighted by atomic mass is 9.84. The number of allylic oxidation sites excluding steroid dienone is 1. The molecule has 0 bridgehead atoms. The molecule has 0 N–H and O–H groups in total. The fourth-order valence-corrected chi connectivity index (χ4v) is 2.91. The van der Waals surface area contributed by atoms with E-state index in [9.17, 15) is 4.79 Å². The Bertz CT molecular complexity index is 696. The van der Waals surface area contributed by atoms with Gasteiger partial charge in [-0.15, -0.1) is 0 Å². The van der Waals surface area contributed by atoms with Crippen molar-refractivity contribution in [2.75, 3.05) is 0 Å². The average molecular weight is 306 g/mol. The van der Waals surface area contributed by atoms with Crippen LogP contribution in [0.1, 0.15) is 35.4 Å². The molecule has 2 unspecified atom stereocenters. The molecule has 0 aliphatic heterocycles. The first-order valence-corrected chi connectivity index (χ1v) is 8.15. The summed E-state index contributed by atoms with van der Waals surface area (Å²) in [6.07, 6.45) is 5.97. The van der Waals surface area contributed by atoms with Crippen molar-refractivity contribution in [3.8, 4) is 5.75 Å². The standard InChI is InChI=1S/C21H22O2/c1-15-3-7-17(8-4-15)18-9-11-19(12-10-18)21(22)23-20-13-5-16(2)6-14-20/h3-9,11,13-14,18-19H,10,12H2,1-2H3. The third-order valence-electron chi connectivity index (χ3n) is 4.41. The molecule has 2 nitrogen and oxygen atoms in total. The van der Waals surface area contributed by atoms with E-state index in [4.69, 9.17) is 4.74 Å². The average Bonchev–Trinajstić information content (AvgIpc) is 2.58. The predicted octanol–water partition coefficient (Wildman–Crippen LogP) is 4.96. The Labute approximate surface area is 137 Å². The van der Waals surface area contributed by atoms with Crippen LogP contribution in [0.15, 0.2) is 60.7 Å². The highest BCUT2D eigenvalue weighted by Crippen LogP contribution is 2.31. The Morgan fingerprint density at radius 2 is 1.48 bits per heavy atom. The Balaban J connectivity index is 1.62. The normalized spacial score (nSPS) is 20.3. The summed E-state index contributed by atoms with van der Waals surface area (Å²) in [7, 11) is 0. The van der Waals surface area contributed by atoms with Crippen LogP contribution in [0.3, 0.4) is 0 Å². The summed E-state index contributed by atoms with van der Waals surface area (Å²) in [5, 5.41) is 0. The minimum Gasteiger partial charge on any atom is -0.426 e. The number of carbonyl (C=O) groups excluding carboxylic acids is 1. The number of hydrogen-bond donors (Lipinski definition) is 0. The van der Waals surface area contributed by atoms with Gasteiger partial charge in [-0.25, -0.2) is 0 Å². The molecule has 2 aromatic carbocycles. The SMILES string of the molecule is Cc1ccc(OC(=O)C2C=CC(c3ccc(C)cc3)CC2)cc1. The molecule has 3 rings (SSSR count). The first-order valence-electron chi connectivity index (χ1n) is 8.15. The smallest absolute Gasteiger partial charge is 0.318 e. The lowest BCUT2D eigenvalue weighted by Crippen LogP contribution is -2.21. The molecule has 0 radical (unpaired) electrons. The second-order valence-corrected chi connectivity index (χ2v) is 6.32. The fourth-order valence-electron chi connectivity index (χ4n) is 2.91. The molecule has 1 aliphatic carbocycles. The van der Waals surface area contributed by atoms with E-state index in [-0.39, 0.29) is 11.9 Å². The molecule has 2 heteroatoms. The van der Waals surface area contributed by atoms with Gasteiger partial charge >= 0.3 is 5.97 Å². The second kappa shape index (κ2) is 6.82. The first-order chi connectivity index (χ1) is 11.1. The Morgan fingerprint density at radius 3 is 2.04 bits per heavy atom. The molecular formula is C21H22O2. The Kier molecular flexibility index (Phi) is 4.61. The molecule has 2 aromatic rings. The van der Waals surface area contributed by atoms with E-state index in [1.165, 1.54) is 11.1 Å². The van der Waals surface area contributed by atoms with Crippen LogP contribution in [0.25, 0.3) is 0 Å². The second-order valence-electron chi connectivity index (χ2n) is 6.32. The van der Waals surface area contributed by atoms with E-state index in [1.54, 1.807) is 0 Å². The quantitative estimate of drug-likeness (QED) is 0.455. The summed E-state index contributed by atoms with van der Waals surface area (Å²) in [4.78, 5) is 12.3. The maximum Gasteiger partial charge on any atom is 0.318 e. The predicted molar refractivity (Wildman–Crippen MR) is 92.6 cm³/mol. The lowest BCUT2D eigenvalue weighted by molar-refractivity contribution is -0.137. The van der Waals surface area contributed by atoms with Gasteiger partial charge in [-0.2, -0.15) is 0 Å². The van der Waals surface area contributed by atoms with Crippen LogP contribution in [0.2, 0.25) is 0 Å². The molecule has 0 saturated heterocycles. The molecule has 23 heavy (non-hydrogen) atoms. The topological polar surface area (TPSA) is 26.3 Å². The van der Waals surface area contributed by atoms with Crippen molar-refractivity contribution in [2.45, 2.75) is 32.6 Å². The maximum absolute atomic E-state index is 12.3. The third-order valence-corrected chi connectivity index (χ3v) is 4.41. The monoisotopic (exact) mass is 306 g/mol. The summed E-state index contributed by atoms with van der Waals surface area (Å²) in [6.45, 7) is 4.11. The molecule has 118 valence electrons. The Hall–Kier alpha value is -2.35. The van der Waals surface area contributed by atoms with Crippen LogP contribution in [-0.2, 0) is 4.79 Å². The molecule has 0 amide bonds. The zero-order valence-corrected chi connectivity index (χ0v) is 13.7. The fraction of sp³-hybridized carbons (Fsp3) is 0.286. The summed E-state index contributed by atoms with van der Waals surface area (Å²) in [5.41, 5.74) is 3.74. The van der Waals surface area contributed by atoms with Gasteiger partial charge in [0, 0.05) is 5.92 Å². The zero-order valence-electron chi connectivity index (χ0n) is 13.7. The molecule has 0 fully saturated rings. The molecule has 0 heterocycles. The largest absolute Gasteiger partial charge is 0.426 e. The highest BCUT2D eigenvalue weighted by molar-refractivity contribution is 5.77. The van der Waals surface area contributed by atoms with Crippen molar-refractivity contribution in [3.05, 3.63) is 77.4 Å².